The average molecular weight is 1240 g/mol. The van der Waals surface area contributed by atoms with Crippen molar-refractivity contribution < 1.29 is 71.9 Å². The number of anilines is 3. The van der Waals surface area contributed by atoms with Crippen LogP contribution in [0.3, 0.4) is 0 Å². The van der Waals surface area contributed by atoms with Gasteiger partial charge in [-0.05, 0) is 107 Å². The smallest absolute Gasteiger partial charge is 0.412 e. The van der Waals surface area contributed by atoms with E-state index in [4.69, 9.17) is 41.0 Å². The first-order valence-corrected chi connectivity index (χ1v) is 31.2. The van der Waals surface area contributed by atoms with Crippen LogP contribution in [0.25, 0.3) is 0 Å². The van der Waals surface area contributed by atoms with Crippen molar-refractivity contribution in [2.75, 3.05) is 62.6 Å². The van der Waals surface area contributed by atoms with E-state index in [1.54, 1.807) is 58.2 Å². The number of hydrogen-bond acceptors (Lipinski definition) is 16. The Labute approximate surface area is 521 Å². The third-order valence-corrected chi connectivity index (χ3v) is 18.3. The number of nitrogens with one attached hydrogen (secondary N) is 3. The zero-order valence-corrected chi connectivity index (χ0v) is 53.4. The van der Waals surface area contributed by atoms with Crippen molar-refractivity contribution in [1.82, 2.24) is 15.5 Å². The zero-order chi connectivity index (χ0) is 64.4. The van der Waals surface area contributed by atoms with Crippen LogP contribution in [0.15, 0.2) is 48.1 Å². The number of allylic oxidation sites excluding steroid dienone is 3. The lowest BCUT2D eigenvalue weighted by Gasteiger charge is -2.41. The third-order valence-electron chi connectivity index (χ3n) is 18.0. The van der Waals surface area contributed by atoms with Crippen molar-refractivity contribution >= 4 is 82.0 Å². The van der Waals surface area contributed by atoms with Gasteiger partial charge in [0.25, 0.3) is 0 Å². The monoisotopic (exact) mass is 1240 g/mol. The number of unbranched alkanes of at least 4 members (excludes halogenated alkanes) is 2. The number of nitrogens with zero attached hydrogens (tertiary/aromatic N) is 3. The molecule has 0 aromatic heterocycles. The quantitative estimate of drug-likeness (QED) is 0.0307. The topological polar surface area (TPSA) is 295 Å². The number of fused-ring (bicyclic) bond motifs is 5. The number of benzene rings is 2. The minimum absolute atomic E-state index is 0.00315. The van der Waals surface area contributed by atoms with E-state index < -0.39 is 83.4 Å². The van der Waals surface area contributed by atoms with Gasteiger partial charge in [0.1, 0.15) is 46.1 Å². The molecule has 0 saturated carbocycles. The molecule has 2 aromatic rings. The predicted octanol–water partition coefficient (Wildman–Crippen LogP) is 7.76. The molecule has 22 nitrogen and oxygen atoms in total. The summed E-state index contributed by atoms with van der Waals surface area (Å²) < 4.78 is 30.1. The normalized spacial score (nSPS) is 26.6. The molecule has 0 spiro atoms. The van der Waals surface area contributed by atoms with Crippen molar-refractivity contribution in [3.63, 3.8) is 0 Å². The van der Waals surface area contributed by atoms with E-state index in [0.717, 1.165) is 24.0 Å². The van der Waals surface area contributed by atoms with Gasteiger partial charge in [0.05, 0.1) is 49.2 Å². The second-order valence-corrected chi connectivity index (χ2v) is 25.5. The van der Waals surface area contributed by atoms with E-state index in [9.17, 15) is 48.3 Å². The van der Waals surface area contributed by atoms with E-state index >= 15 is 0 Å². The molecule has 5 heterocycles. The summed E-state index contributed by atoms with van der Waals surface area (Å²) in [6.45, 7) is 14.4. The van der Waals surface area contributed by atoms with Crippen LogP contribution in [0.4, 0.5) is 26.7 Å². The number of hydrogen-bond donors (Lipinski definition) is 5. The van der Waals surface area contributed by atoms with Crippen LogP contribution in [-0.2, 0) is 65.4 Å². The number of methoxy groups -OCH3 is 2. The number of likely N-dealkylation sites (tertiary alicyclic amines) is 1. The Kier molecular flexibility index (Phi) is 23.5. The van der Waals surface area contributed by atoms with Gasteiger partial charge in [-0.1, -0.05) is 75.6 Å². The van der Waals surface area contributed by atoms with Gasteiger partial charge < -0.3 is 55.0 Å². The fourth-order valence-corrected chi connectivity index (χ4v) is 13.0. The summed E-state index contributed by atoms with van der Waals surface area (Å²) in [5.74, 6) is -3.91. The molecular weight excluding hydrogens is 1150 g/mol. The molecule has 5 aliphatic rings. The number of halogens is 1. The molecule has 4 bridgehead atoms. The number of imide groups is 1. The van der Waals surface area contributed by atoms with Gasteiger partial charge in [0.15, 0.2) is 5.78 Å². The Morgan fingerprint density at radius 3 is 2.33 bits per heavy atom. The minimum atomic E-state index is -1.65. The number of rotatable bonds is 23. The summed E-state index contributed by atoms with van der Waals surface area (Å²) in [4.78, 5) is 126. The lowest BCUT2D eigenvalue weighted by atomic mass is 9.78. The Bertz CT molecular complexity index is 3020. The van der Waals surface area contributed by atoms with Gasteiger partial charge in [0, 0.05) is 90.2 Å². The number of aryl methyl sites for hydroxylation is 1. The number of ketones is 2. The highest BCUT2D eigenvalue weighted by Crippen LogP contribution is 2.50. The first kappa shape index (κ1) is 68.6. The van der Waals surface area contributed by atoms with E-state index in [2.05, 4.69) is 20.9 Å². The lowest BCUT2D eigenvalue weighted by Crippen LogP contribution is -2.53. The summed E-state index contributed by atoms with van der Waals surface area (Å²) in [6, 6.07) is 5.44. The molecule has 6 N–H and O–H groups in total. The highest BCUT2D eigenvalue weighted by atomic mass is 35.5. The number of Topliss-reactive ketones (excluding diaryl/α,β-unsaturated/α-hetero) is 2. The number of nitrogens with two attached hydrogens (primary N) is 1. The fraction of sp³-hybridized carbons (Fsp3) is 0.615. The van der Waals surface area contributed by atoms with Gasteiger partial charge in [-0.15, -0.1) is 0 Å². The Morgan fingerprint density at radius 1 is 0.943 bits per heavy atom. The van der Waals surface area contributed by atoms with E-state index in [0.29, 0.717) is 85.7 Å². The molecular formula is C65H90ClN7O15. The van der Waals surface area contributed by atoms with Crippen LogP contribution in [0, 0.1) is 30.6 Å². The average Bonchev–Trinajstić information content (AvgIpc) is 1.62. The second kappa shape index (κ2) is 30.1. The molecule has 7 rings (SSSR count). The number of urea groups is 1. The summed E-state index contributed by atoms with van der Waals surface area (Å²) in [7, 11) is 4.51. The molecule has 0 aliphatic carbocycles. The highest BCUT2D eigenvalue weighted by Gasteiger charge is 2.64. The van der Waals surface area contributed by atoms with Crippen molar-refractivity contribution in [2.24, 2.45) is 29.4 Å². The molecule has 0 radical (unpaired) electrons. The van der Waals surface area contributed by atoms with Gasteiger partial charge in [-0.25, -0.2) is 9.59 Å². The molecule has 5 aliphatic heterocycles. The van der Waals surface area contributed by atoms with Gasteiger partial charge in [-0.3, -0.25) is 43.8 Å². The zero-order valence-electron chi connectivity index (χ0n) is 52.6. The van der Waals surface area contributed by atoms with Gasteiger partial charge in [-0.2, -0.15) is 0 Å². The van der Waals surface area contributed by atoms with Crippen LogP contribution >= 0.6 is 11.6 Å². The van der Waals surface area contributed by atoms with Crippen LogP contribution in [0.5, 0.6) is 5.75 Å². The molecule has 4 fully saturated rings. The Hall–Kier alpha value is -6.88. The molecule has 1 unspecified atom stereocenters. The third kappa shape index (κ3) is 17.1. The highest BCUT2D eigenvalue weighted by molar-refractivity contribution is 6.35. The Balaban J connectivity index is 1.11. The largest absolute Gasteiger partial charge is 0.495 e. The number of esters is 1. The standard InChI is InChI=1S/C65H90ClN7O15/c1-37(2)45(33-44(74)19-12-11-13-25-73-55(77)28-40(5)61(73)80)60(79)69-46(20-17-22-68-62(67)81)49(75)31-43-27-39(4)58(48(30-43)72-23-14-15-24-72)70-63(82)87-53-34-54(76)71(8)47-29-42(32-50(84-9)57(47)66)26-38(3)18-16-21-52(85-10)65(83)35-51(86-56(78)36-65)41(6)59-64(53,7)88-59/h16,18,21,27,29-30,32,37,40-41,45-46,51-53,59,83H,11-15,17,19-20,22-26,28,31,33-36H2,1-10H3,(H,69,79)(H,70,82)(H3,67,68,81)/b21-16+,38-18+/t40?,41-,45+,46+,51+,52-,53+,59+,64+,65-/m1/s1. The summed E-state index contributed by atoms with van der Waals surface area (Å²) in [5, 5.41) is 20.8. The van der Waals surface area contributed by atoms with E-state index in [1.165, 1.54) is 24.0 Å². The summed E-state index contributed by atoms with van der Waals surface area (Å²) in [6.07, 6.45) is 4.59. The van der Waals surface area contributed by atoms with Crippen molar-refractivity contribution in [1.29, 1.82) is 0 Å². The van der Waals surface area contributed by atoms with E-state index in [-0.39, 0.29) is 98.2 Å². The van der Waals surface area contributed by atoms with Crippen molar-refractivity contribution in [3.05, 3.63) is 69.8 Å². The maximum Gasteiger partial charge on any atom is 0.412 e. The maximum atomic E-state index is 14.7. The predicted molar refractivity (Wildman–Crippen MR) is 331 cm³/mol. The molecule has 23 heteroatoms. The summed E-state index contributed by atoms with van der Waals surface area (Å²) >= 11 is 6.92. The molecule has 7 amide bonds. The van der Waals surface area contributed by atoms with Gasteiger partial charge in [0.2, 0.25) is 23.6 Å². The first-order chi connectivity index (χ1) is 41.7. The number of carbonyl (C=O) groups excluding carboxylic acids is 9. The van der Waals surface area contributed by atoms with Gasteiger partial charge >= 0.3 is 18.1 Å². The van der Waals surface area contributed by atoms with Crippen molar-refractivity contribution in [3.8, 4) is 5.75 Å². The van der Waals surface area contributed by atoms with Crippen LogP contribution in [0.1, 0.15) is 142 Å². The fourth-order valence-electron chi connectivity index (χ4n) is 12.7. The first-order valence-electron chi connectivity index (χ1n) is 30.8. The Morgan fingerprint density at radius 2 is 1.67 bits per heavy atom. The van der Waals surface area contributed by atoms with Crippen LogP contribution in [0.2, 0.25) is 5.02 Å². The number of primary amides is 1. The van der Waals surface area contributed by atoms with Crippen LogP contribution < -0.4 is 36.2 Å². The number of epoxide rings is 1. The molecule has 10 atom stereocenters. The molecule has 4 saturated heterocycles. The lowest BCUT2D eigenvalue weighted by molar-refractivity contribution is -0.187. The van der Waals surface area contributed by atoms with Crippen LogP contribution in [-0.4, -0.2) is 152 Å². The number of ether oxygens (including phenoxy) is 5. The minimum Gasteiger partial charge on any atom is -0.495 e. The SMILES string of the molecule is COc1cc2cc(c1Cl)N(C)C(=O)C[C@H](OC(=O)Nc1c(C)cc(CC(=O)[C@H](CCCNC(N)=O)NC(=O)[C@@H](CC(=O)CCCCCN3C(=O)CC(C)C3=O)C(C)C)cc1N1CCCC1)[C@]1(C)O[C@H]1[C@H](C)[C@@H]1C[C@@](O)(CC(=O)O1)[C@H](OC)/C=C/C=C(\C)C2. The second-order valence-electron chi connectivity index (χ2n) is 25.2. The van der Waals surface area contributed by atoms with Crippen molar-refractivity contribution in [2.45, 2.75) is 186 Å². The molecule has 2 aromatic carbocycles. The summed E-state index contributed by atoms with van der Waals surface area (Å²) in [5.41, 5.74) is 6.63. The number of amides is 7. The van der Waals surface area contributed by atoms with E-state index in [1.807, 2.05) is 39.8 Å². The number of carbonyl (C=O) groups is 9. The maximum absolute atomic E-state index is 14.7. The molecule has 482 valence electrons. The number of aliphatic hydroxyl groups is 1. The molecule has 88 heavy (non-hydrogen) atoms.